The summed E-state index contributed by atoms with van der Waals surface area (Å²) in [6.07, 6.45) is 0. The van der Waals surface area contributed by atoms with E-state index in [0.717, 1.165) is 0 Å². The van der Waals surface area contributed by atoms with E-state index in [0.29, 0.717) is 10.4 Å². The van der Waals surface area contributed by atoms with Gasteiger partial charge in [-0.15, -0.1) is 0 Å². The molecule has 0 bridgehead atoms. The zero-order chi connectivity index (χ0) is 8.43. The Hall–Kier alpha value is -0.320. The minimum Gasteiger partial charge on any atom is -0.453 e. The number of furan rings is 1. The minimum atomic E-state index is -0.221. The molecule has 0 radical (unpaired) electrons. The molecular weight excluding hydrogens is 208 g/mol. The molecule has 0 fully saturated rings. The summed E-state index contributed by atoms with van der Waals surface area (Å²) in [5.74, 6) is 0.715. The van der Waals surface area contributed by atoms with Crippen molar-refractivity contribution < 1.29 is 4.42 Å². The quantitative estimate of drug-likeness (QED) is 0.789. The molecule has 4 N–H and O–H groups in total. The van der Waals surface area contributed by atoms with Crippen LogP contribution in [-0.4, -0.2) is 6.04 Å². The van der Waals surface area contributed by atoms with Crippen LogP contribution in [0.1, 0.15) is 18.7 Å². The number of rotatable bonds is 2. The van der Waals surface area contributed by atoms with Gasteiger partial charge in [0.15, 0.2) is 4.67 Å². The molecule has 0 aliphatic heterocycles. The van der Waals surface area contributed by atoms with E-state index in [9.17, 15) is 0 Å². The van der Waals surface area contributed by atoms with Crippen molar-refractivity contribution >= 4 is 15.9 Å². The van der Waals surface area contributed by atoms with E-state index in [1.54, 1.807) is 6.07 Å². The van der Waals surface area contributed by atoms with E-state index in [4.69, 9.17) is 15.9 Å². The summed E-state index contributed by atoms with van der Waals surface area (Å²) < 4.78 is 5.90. The number of hydrogen-bond acceptors (Lipinski definition) is 3. The van der Waals surface area contributed by atoms with Crippen molar-refractivity contribution in [3.05, 3.63) is 22.6 Å². The summed E-state index contributed by atoms with van der Waals surface area (Å²) in [6, 6.07) is 3.31. The molecule has 0 saturated heterocycles. The van der Waals surface area contributed by atoms with Crippen LogP contribution in [0.3, 0.4) is 0 Å². The normalized spacial score (nSPS) is 16.4. The Morgan fingerprint density at radius 2 is 2.09 bits per heavy atom. The summed E-state index contributed by atoms with van der Waals surface area (Å²) in [5.41, 5.74) is 11.3. The first-order valence-electron chi connectivity index (χ1n) is 3.37. The first-order chi connectivity index (χ1) is 5.11. The Bertz CT molecular complexity index is 234. The Morgan fingerprint density at radius 3 is 2.45 bits per heavy atom. The summed E-state index contributed by atoms with van der Waals surface area (Å²) in [5, 5.41) is 0. The molecule has 1 aromatic rings. The van der Waals surface area contributed by atoms with Gasteiger partial charge in [-0.25, -0.2) is 0 Å². The predicted octanol–water partition coefficient (Wildman–Crippen LogP) is 1.39. The first kappa shape index (κ1) is 8.77. The second-order valence-corrected chi connectivity index (χ2v) is 3.31. The average molecular weight is 219 g/mol. The first-order valence-corrected chi connectivity index (χ1v) is 4.17. The van der Waals surface area contributed by atoms with E-state index >= 15 is 0 Å². The monoisotopic (exact) mass is 218 g/mol. The maximum atomic E-state index is 5.71. The van der Waals surface area contributed by atoms with Crippen LogP contribution in [0.4, 0.5) is 0 Å². The molecule has 0 saturated carbocycles. The standard InChI is InChI=1S/C7H11BrN2O/c1-4(9)7(10)5-2-3-6(8)11-5/h2-4,7H,9-10H2,1H3. The van der Waals surface area contributed by atoms with Gasteiger partial charge in [0, 0.05) is 6.04 Å². The second-order valence-electron chi connectivity index (χ2n) is 2.53. The maximum Gasteiger partial charge on any atom is 0.169 e. The van der Waals surface area contributed by atoms with Gasteiger partial charge < -0.3 is 15.9 Å². The fourth-order valence-electron chi connectivity index (χ4n) is 0.767. The van der Waals surface area contributed by atoms with Crippen molar-refractivity contribution in [3.8, 4) is 0 Å². The largest absolute Gasteiger partial charge is 0.453 e. The third kappa shape index (κ3) is 2.05. The second kappa shape index (κ2) is 3.38. The third-order valence-corrected chi connectivity index (χ3v) is 1.92. The topological polar surface area (TPSA) is 65.2 Å². The van der Waals surface area contributed by atoms with Crippen LogP contribution in [0.25, 0.3) is 0 Å². The van der Waals surface area contributed by atoms with Gasteiger partial charge in [0.1, 0.15) is 5.76 Å². The van der Waals surface area contributed by atoms with Crippen LogP contribution in [0, 0.1) is 0 Å². The van der Waals surface area contributed by atoms with Crippen molar-refractivity contribution in [3.63, 3.8) is 0 Å². The van der Waals surface area contributed by atoms with Crippen LogP contribution in [0.5, 0.6) is 0 Å². The van der Waals surface area contributed by atoms with Crippen molar-refractivity contribution in [2.24, 2.45) is 11.5 Å². The fourth-order valence-corrected chi connectivity index (χ4v) is 1.09. The lowest BCUT2D eigenvalue weighted by molar-refractivity contribution is 0.422. The van der Waals surface area contributed by atoms with Gasteiger partial charge in [-0.3, -0.25) is 0 Å². The molecule has 0 amide bonds. The van der Waals surface area contributed by atoms with E-state index in [1.807, 2.05) is 13.0 Å². The molecule has 11 heavy (non-hydrogen) atoms. The number of halogens is 1. The number of hydrogen-bond donors (Lipinski definition) is 2. The summed E-state index contributed by atoms with van der Waals surface area (Å²) >= 11 is 3.19. The molecule has 0 aromatic carbocycles. The Balaban J connectivity index is 2.76. The molecule has 0 spiro atoms. The predicted molar refractivity (Wildman–Crippen MR) is 47.0 cm³/mol. The SMILES string of the molecule is CC(N)C(N)c1ccc(Br)o1. The summed E-state index contributed by atoms with van der Waals surface area (Å²) in [6.45, 7) is 1.85. The molecule has 1 heterocycles. The molecule has 1 rings (SSSR count). The third-order valence-electron chi connectivity index (χ3n) is 1.49. The van der Waals surface area contributed by atoms with Crippen molar-refractivity contribution in [1.82, 2.24) is 0 Å². The van der Waals surface area contributed by atoms with Crippen LogP contribution in [0.15, 0.2) is 21.2 Å². The highest BCUT2D eigenvalue weighted by Crippen LogP contribution is 2.19. The molecule has 2 atom stereocenters. The molecule has 0 aliphatic rings. The van der Waals surface area contributed by atoms with Crippen LogP contribution in [-0.2, 0) is 0 Å². The maximum absolute atomic E-state index is 5.71. The molecule has 0 aliphatic carbocycles. The van der Waals surface area contributed by atoms with Crippen LogP contribution < -0.4 is 11.5 Å². The minimum absolute atomic E-state index is 0.0898. The Kier molecular flexibility index (Phi) is 2.70. The Labute approximate surface area is 73.9 Å². The smallest absolute Gasteiger partial charge is 0.169 e. The van der Waals surface area contributed by atoms with Crippen LogP contribution in [0.2, 0.25) is 0 Å². The van der Waals surface area contributed by atoms with E-state index in [-0.39, 0.29) is 12.1 Å². The molecule has 3 nitrogen and oxygen atoms in total. The van der Waals surface area contributed by atoms with Gasteiger partial charge in [-0.05, 0) is 35.0 Å². The van der Waals surface area contributed by atoms with Gasteiger partial charge in [-0.2, -0.15) is 0 Å². The van der Waals surface area contributed by atoms with Gasteiger partial charge in [0.2, 0.25) is 0 Å². The molecular formula is C7H11BrN2O. The van der Waals surface area contributed by atoms with Crippen molar-refractivity contribution in [2.75, 3.05) is 0 Å². The van der Waals surface area contributed by atoms with Gasteiger partial charge in [0.25, 0.3) is 0 Å². The van der Waals surface area contributed by atoms with E-state index < -0.39 is 0 Å². The van der Waals surface area contributed by atoms with E-state index in [1.165, 1.54) is 0 Å². The van der Waals surface area contributed by atoms with E-state index in [2.05, 4.69) is 15.9 Å². The highest BCUT2D eigenvalue weighted by Gasteiger charge is 2.13. The fraction of sp³-hybridized carbons (Fsp3) is 0.429. The zero-order valence-corrected chi connectivity index (χ0v) is 7.84. The van der Waals surface area contributed by atoms with Crippen molar-refractivity contribution in [2.45, 2.75) is 19.0 Å². The zero-order valence-electron chi connectivity index (χ0n) is 6.25. The average Bonchev–Trinajstić information content (AvgIpc) is 2.34. The van der Waals surface area contributed by atoms with Gasteiger partial charge in [-0.1, -0.05) is 0 Å². The van der Waals surface area contributed by atoms with Crippen molar-refractivity contribution in [1.29, 1.82) is 0 Å². The van der Waals surface area contributed by atoms with Crippen LogP contribution >= 0.6 is 15.9 Å². The van der Waals surface area contributed by atoms with Gasteiger partial charge in [0.05, 0.1) is 6.04 Å². The Morgan fingerprint density at radius 1 is 1.45 bits per heavy atom. The lowest BCUT2D eigenvalue weighted by atomic mass is 10.1. The lowest BCUT2D eigenvalue weighted by Crippen LogP contribution is -2.30. The molecule has 2 unspecified atom stereocenters. The lowest BCUT2D eigenvalue weighted by Gasteiger charge is -2.11. The summed E-state index contributed by atoms with van der Waals surface area (Å²) in [7, 11) is 0. The molecule has 62 valence electrons. The summed E-state index contributed by atoms with van der Waals surface area (Å²) in [4.78, 5) is 0. The number of nitrogens with two attached hydrogens (primary N) is 2. The molecule has 1 aromatic heterocycles. The highest BCUT2D eigenvalue weighted by molar-refractivity contribution is 9.10. The highest BCUT2D eigenvalue weighted by atomic mass is 79.9. The van der Waals surface area contributed by atoms with Gasteiger partial charge >= 0.3 is 0 Å². The molecule has 4 heteroatoms.